The third-order valence-corrected chi connectivity index (χ3v) is 3.73. The lowest BCUT2D eigenvalue weighted by molar-refractivity contribution is 0.0772. The molecule has 2 aromatic rings. The fraction of sp³-hybridized carbons (Fsp3) is 0.333. The van der Waals surface area contributed by atoms with E-state index in [0.717, 1.165) is 5.69 Å². The van der Waals surface area contributed by atoms with Crippen LogP contribution in [0.2, 0.25) is 0 Å². The zero-order valence-corrected chi connectivity index (χ0v) is 14.5. The molecule has 128 valence electrons. The Morgan fingerprint density at radius 3 is 2.42 bits per heavy atom. The van der Waals surface area contributed by atoms with Crippen LogP contribution < -0.4 is 14.8 Å². The van der Waals surface area contributed by atoms with E-state index in [2.05, 4.69) is 10.3 Å². The Kier molecular flexibility index (Phi) is 6.01. The number of hydrogen-bond donors (Lipinski definition) is 1. The number of hydrogen-bond acceptors (Lipinski definition) is 5. The Balaban J connectivity index is 2.16. The van der Waals surface area contributed by atoms with Gasteiger partial charge in [0.15, 0.2) is 0 Å². The Morgan fingerprint density at radius 2 is 1.88 bits per heavy atom. The molecule has 1 N–H and O–H groups in total. The number of nitrogens with one attached hydrogen (secondary N) is 1. The van der Waals surface area contributed by atoms with Crippen molar-refractivity contribution < 1.29 is 14.3 Å². The summed E-state index contributed by atoms with van der Waals surface area (Å²) in [5.41, 5.74) is 1.35. The van der Waals surface area contributed by atoms with Gasteiger partial charge in [-0.1, -0.05) is 0 Å². The van der Waals surface area contributed by atoms with Gasteiger partial charge < -0.3 is 19.7 Å². The minimum absolute atomic E-state index is 0.0129. The Hall–Kier alpha value is -2.76. The number of nitrogens with zero attached hydrogens (tertiary/aromatic N) is 2. The number of aromatic nitrogens is 1. The average molecular weight is 329 g/mol. The molecule has 24 heavy (non-hydrogen) atoms. The molecule has 0 aliphatic carbocycles. The molecule has 0 fully saturated rings. The van der Waals surface area contributed by atoms with Gasteiger partial charge in [0.1, 0.15) is 17.3 Å². The van der Waals surface area contributed by atoms with E-state index in [0.29, 0.717) is 36.0 Å². The van der Waals surface area contributed by atoms with Crippen LogP contribution in [-0.4, -0.2) is 43.1 Å². The van der Waals surface area contributed by atoms with E-state index in [1.54, 1.807) is 43.5 Å². The molecule has 2 rings (SSSR count). The molecule has 0 bridgehead atoms. The van der Waals surface area contributed by atoms with Gasteiger partial charge in [0, 0.05) is 25.4 Å². The quantitative estimate of drug-likeness (QED) is 0.844. The van der Waals surface area contributed by atoms with E-state index < -0.39 is 0 Å². The highest BCUT2D eigenvalue weighted by Gasteiger charge is 2.13. The SMILES string of the molecule is CCN(CC)C(=O)c1ccc(Nc2ccc(OC)cc2OC)nc1. The molecule has 0 saturated carbocycles. The number of carbonyl (C=O) groups is 1. The molecular weight excluding hydrogens is 306 g/mol. The summed E-state index contributed by atoms with van der Waals surface area (Å²) >= 11 is 0. The number of ether oxygens (including phenoxy) is 2. The van der Waals surface area contributed by atoms with Crippen LogP contribution in [-0.2, 0) is 0 Å². The number of pyridine rings is 1. The lowest BCUT2D eigenvalue weighted by Crippen LogP contribution is -2.30. The van der Waals surface area contributed by atoms with Crippen molar-refractivity contribution in [1.82, 2.24) is 9.88 Å². The highest BCUT2D eigenvalue weighted by Crippen LogP contribution is 2.30. The highest BCUT2D eigenvalue weighted by atomic mass is 16.5. The maximum absolute atomic E-state index is 12.3. The molecule has 0 aliphatic heterocycles. The standard InChI is InChI=1S/C18H23N3O3/c1-5-21(6-2)18(22)13-7-10-17(19-12-13)20-15-9-8-14(23-3)11-16(15)24-4/h7-12H,5-6H2,1-4H3,(H,19,20). The molecule has 6 heteroatoms. The summed E-state index contributed by atoms with van der Waals surface area (Å²) in [6.07, 6.45) is 1.58. The number of benzene rings is 1. The van der Waals surface area contributed by atoms with Crippen molar-refractivity contribution in [3.05, 3.63) is 42.1 Å². The summed E-state index contributed by atoms with van der Waals surface area (Å²) < 4.78 is 10.5. The van der Waals surface area contributed by atoms with Gasteiger partial charge in [0.05, 0.1) is 25.5 Å². The van der Waals surface area contributed by atoms with Crippen molar-refractivity contribution in [3.8, 4) is 11.5 Å². The van der Waals surface area contributed by atoms with Crippen LogP contribution in [0.4, 0.5) is 11.5 Å². The van der Waals surface area contributed by atoms with E-state index >= 15 is 0 Å². The molecule has 0 atom stereocenters. The summed E-state index contributed by atoms with van der Waals surface area (Å²) in [5.74, 6) is 1.99. The fourth-order valence-corrected chi connectivity index (χ4v) is 2.33. The first-order valence-electron chi connectivity index (χ1n) is 7.87. The zero-order valence-electron chi connectivity index (χ0n) is 14.5. The number of carbonyl (C=O) groups excluding carboxylic acids is 1. The van der Waals surface area contributed by atoms with Gasteiger partial charge in [0.25, 0.3) is 5.91 Å². The molecule has 0 spiro atoms. The van der Waals surface area contributed by atoms with Crippen LogP contribution in [0, 0.1) is 0 Å². The Labute approximate surface area is 142 Å². The fourth-order valence-electron chi connectivity index (χ4n) is 2.33. The maximum atomic E-state index is 12.3. The molecule has 0 unspecified atom stereocenters. The first kappa shape index (κ1) is 17.6. The van der Waals surface area contributed by atoms with Gasteiger partial charge in [-0.25, -0.2) is 4.98 Å². The third-order valence-electron chi connectivity index (χ3n) is 3.73. The first-order chi connectivity index (χ1) is 11.6. The van der Waals surface area contributed by atoms with Gasteiger partial charge in [-0.3, -0.25) is 4.79 Å². The van der Waals surface area contributed by atoms with E-state index in [9.17, 15) is 4.79 Å². The minimum atomic E-state index is -0.0129. The van der Waals surface area contributed by atoms with Gasteiger partial charge in [-0.05, 0) is 38.1 Å². The lowest BCUT2D eigenvalue weighted by Gasteiger charge is -2.18. The van der Waals surface area contributed by atoms with Crippen molar-refractivity contribution in [2.45, 2.75) is 13.8 Å². The Bertz CT molecular complexity index is 682. The van der Waals surface area contributed by atoms with Gasteiger partial charge in [-0.2, -0.15) is 0 Å². The van der Waals surface area contributed by atoms with Crippen molar-refractivity contribution in [1.29, 1.82) is 0 Å². The predicted molar refractivity (Wildman–Crippen MR) is 94.3 cm³/mol. The number of rotatable bonds is 7. The van der Waals surface area contributed by atoms with Crippen molar-refractivity contribution in [2.75, 3.05) is 32.6 Å². The zero-order chi connectivity index (χ0) is 17.5. The maximum Gasteiger partial charge on any atom is 0.255 e. The van der Waals surface area contributed by atoms with E-state index in [4.69, 9.17) is 9.47 Å². The second kappa shape index (κ2) is 8.19. The Morgan fingerprint density at radius 1 is 1.12 bits per heavy atom. The molecule has 0 aliphatic rings. The lowest BCUT2D eigenvalue weighted by atomic mass is 10.2. The van der Waals surface area contributed by atoms with E-state index in [-0.39, 0.29) is 5.91 Å². The van der Waals surface area contributed by atoms with Crippen LogP contribution >= 0.6 is 0 Å². The molecular formula is C18H23N3O3. The van der Waals surface area contributed by atoms with Crippen LogP contribution in [0.1, 0.15) is 24.2 Å². The largest absolute Gasteiger partial charge is 0.497 e. The number of anilines is 2. The van der Waals surface area contributed by atoms with Crippen molar-refractivity contribution in [2.24, 2.45) is 0 Å². The monoisotopic (exact) mass is 329 g/mol. The summed E-state index contributed by atoms with van der Waals surface area (Å²) in [5, 5.41) is 3.18. The van der Waals surface area contributed by atoms with Crippen molar-refractivity contribution in [3.63, 3.8) is 0 Å². The second-order valence-electron chi connectivity index (χ2n) is 5.10. The molecule has 1 heterocycles. The predicted octanol–water partition coefficient (Wildman–Crippen LogP) is 3.32. The van der Waals surface area contributed by atoms with Gasteiger partial charge in [0.2, 0.25) is 0 Å². The molecule has 0 radical (unpaired) electrons. The van der Waals surface area contributed by atoms with Crippen LogP contribution in [0.3, 0.4) is 0 Å². The summed E-state index contributed by atoms with van der Waals surface area (Å²) in [7, 11) is 3.20. The first-order valence-corrected chi connectivity index (χ1v) is 7.87. The molecule has 1 aromatic carbocycles. The van der Waals surface area contributed by atoms with E-state index in [1.807, 2.05) is 26.0 Å². The van der Waals surface area contributed by atoms with Crippen LogP contribution in [0.5, 0.6) is 11.5 Å². The second-order valence-corrected chi connectivity index (χ2v) is 5.10. The van der Waals surface area contributed by atoms with Gasteiger partial charge >= 0.3 is 0 Å². The summed E-state index contributed by atoms with van der Waals surface area (Å²) in [4.78, 5) is 18.4. The van der Waals surface area contributed by atoms with E-state index in [1.165, 1.54) is 0 Å². The third kappa shape index (κ3) is 3.95. The summed E-state index contributed by atoms with van der Waals surface area (Å²) in [6.45, 7) is 5.28. The van der Waals surface area contributed by atoms with Crippen LogP contribution in [0.15, 0.2) is 36.5 Å². The molecule has 6 nitrogen and oxygen atoms in total. The number of methoxy groups -OCH3 is 2. The molecule has 1 amide bonds. The average Bonchev–Trinajstić information content (AvgIpc) is 2.63. The molecule has 0 saturated heterocycles. The van der Waals surface area contributed by atoms with Crippen LogP contribution in [0.25, 0.3) is 0 Å². The van der Waals surface area contributed by atoms with Gasteiger partial charge in [-0.15, -0.1) is 0 Å². The molecule has 1 aromatic heterocycles. The van der Waals surface area contributed by atoms with Crippen molar-refractivity contribution >= 4 is 17.4 Å². The minimum Gasteiger partial charge on any atom is -0.497 e. The summed E-state index contributed by atoms with van der Waals surface area (Å²) in [6, 6.07) is 9.03. The smallest absolute Gasteiger partial charge is 0.255 e. The normalized spacial score (nSPS) is 10.2. The highest BCUT2D eigenvalue weighted by molar-refractivity contribution is 5.94. The number of amides is 1. The topological polar surface area (TPSA) is 63.7 Å².